The van der Waals surface area contributed by atoms with Crippen LogP contribution in [0, 0.1) is 5.92 Å². The van der Waals surface area contributed by atoms with Crippen LogP contribution in [0.5, 0.6) is 0 Å². The van der Waals surface area contributed by atoms with Crippen LogP contribution in [0.15, 0.2) is 42.7 Å². The van der Waals surface area contributed by atoms with Crippen molar-refractivity contribution in [2.24, 2.45) is 5.92 Å². The van der Waals surface area contributed by atoms with Gasteiger partial charge in [-0.2, -0.15) is 5.10 Å². The van der Waals surface area contributed by atoms with Crippen LogP contribution in [0.1, 0.15) is 12.0 Å². The highest BCUT2D eigenvalue weighted by molar-refractivity contribution is 5.89. The standard InChI is InChI=1S/C16H18N4O3/c21-15(22)13-6-7-19(10-13)16(23)18-14-8-17-20(11-14)9-12-4-2-1-3-5-12/h1-5,8,11,13H,6-7,9-10H2,(H,18,23)(H,21,22). The summed E-state index contributed by atoms with van der Waals surface area (Å²) in [5.41, 5.74) is 1.72. The van der Waals surface area contributed by atoms with Crippen molar-refractivity contribution in [3.63, 3.8) is 0 Å². The van der Waals surface area contributed by atoms with E-state index >= 15 is 0 Å². The zero-order chi connectivity index (χ0) is 16.2. The molecule has 120 valence electrons. The maximum atomic E-state index is 12.1. The molecule has 0 saturated carbocycles. The number of carbonyl (C=O) groups is 2. The first kappa shape index (κ1) is 15.1. The normalized spacial score (nSPS) is 17.2. The molecule has 2 amide bonds. The summed E-state index contributed by atoms with van der Waals surface area (Å²) in [6.45, 7) is 1.34. The number of hydrogen-bond acceptors (Lipinski definition) is 3. The number of anilines is 1. The number of likely N-dealkylation sites (tertiary alicyclic amines) is 1. The molecule has 23 heavy (non-hydrogen) atoms. The Labute approximate surface area is 133 Å². The highest BCUT2D eigenvalue weighted by Gasteiger charge is 2.30. The summed E-state index contributed by atoms with van der Waals surface area (Å²) in [6.07, 6.45) is 3.84. The van der Waals surface area contributed by atoms with Gasteiger partial charge < -0.3 is 15.3 Å². The van der Waals surface area contributed by atoms with E-state index in [0.29, 0.717) is 25.2 Å². The average Bonchev–Trinajstić information content (AvgIpc) is 3.18. The molecule has 1 aliphatic rings. The highest BCUT2D eigenvalue weighted by Crippen LogP contribution is 2.18. The zero-order valence-electron chi connectivity index (χ0n) is 12.6. The van der Waals surface area contributed by atoms with Gasteiger partial charge in [0, 0.05) is 19.3 Å². The summed E-state index contributed by atoms with van der Waals surface area (Å²) in [7, 11) is 0. The quantitative estimate of drug-likeness (QED) is 0.902. The predicted molar refractivity (Wildman–Crippen MR) is 84.1 cm³/mol. The predicted octanol–water partition coefficient (Wildman–Crippen LogP) is 1.87. The summed E-state index contributed by atoms with van der Waals surface area (Å²) >= 11 is 0. The van der Waals surface area contributed by atoms with Crippen LogP contribution in [-0.4, -0.2) is 44.9 Å². The van der Waals surface area contributed by atoms with E-state index in [2.05, 4.69) is 10.4 Å². The molecule has 1 unspecified atom stereocenters. The summed E-state index contributed by atoms with van der Waals surface area (Å²) in [5, 5.41) is 16.0. The smallest absolute Gasteiger partial charge is 0.321 e. The van der Waals surface area contributed by atoms with Gasteiger partial charge >= 0.3 is 12.0 Å². The lowest BCUT2D eigenvalue weighted by atomic mass is 10.1. The van der Waals surface area contributed by atoms with Crippen molar-refractivity contribution in [1.82, 2.24) is 14.7 Å². The van der Waals surface area contributed by atoms with Gasteiger partial charge in [-0.15, -0.1) is 0 Å². The van der Waals surface area contributed by atoms with Crippen LogP contribution < -0.4 is 5.32 Å². The molecule has 1 fully saturated rings. The molecule has 1 aromatic heterocycles. The van der Waals surface area contributed by atoms with Gasteiger partial charge in [0.15, 0.2) is 0 Å². The Hall–Kier alpha value is -2.83. The fraction of sp³-hybridized carbons (Fsp3) is 0.312. The Bertz CT molecular complexity index is 698. The summed E-state index contributed by atoms with van der Waals surface area (Å²) < 4.78 is 1.75. The van der Waals surface area contributed by atoms with Gasteiger partial charge in [0.05, 0.1) is 24.3 Å². The Morgan fingerprint density at radius 3 is 2.78 bits per heavy atom. The topological polar surface area (TPSA) is 87.5 Å². The minimum absolute atomic E-state index is 0.249. The minimum atomic E-state index is -0.851. The van der Waals surface area contributed by atoms with Crippen LogP contribution in [0.3, 0.4) is 0 Å². The molecule has 3 rings (SSSR count). The van der Waals surface area contributed by atoms with Crippen LogP contribution in [0.2, 0.25) is 0 Å². The number of carboxylic acid groups (broad SMARTS) is 1. The molecule has 0 bridgehead atoms. The van der Waals surface area contributed by atoms with Crippen molar-refractivity contribution in [1.29, 1.82) is 0 Å². The van der Waals surface area contributed by atoms with E-state index in [0.717, 1.165) is 5.56 Å². The number of benzene rings is 1. The van der Waals surface area contributed by atoms with E-state index in [9.17, 15) is 9.59 Å². The summed E-state index contributed by atoms with van der Waals surface area (Å²) in [6, 6.07) is 9.63. The van der Waals surface area contributed by atoms with Crippen molar-refractivity contribution in [2.45, 2.75) is 13.0 Å². The number of urea groups is 1. The molecule has 1 atom stereocenters. The number of nitrogens with one attached hydrogen (secondary N) is 1. The van der Waals surface area contributed by atoms with Gasteiger partial charge in [0.2, 0.25) is 0 Å². The Morgan fingerprint density at radius 2 is 2.09 bits per heavy atom. The summed E-state index contributed by atoms with van der Waals surface area (Å²) in [4.78, 5) is 24.6. The Balaban J connectivity index is 1.57. The fourth-order valence-electron chi connectivity index (χ4n) is 2.63. The third-order valence-electron chi connectivity index (χ3n) is 3.90. The number of nitrogens with zero attached hydrogens (tertiary/aromatic N) is 3. The number of carbonyl (C=O) groups excluding carboxylic acids is 1. The molecule has 2 aromatic rings. The minimum Gasteiger partial charge on any atom is -0.481 e. The molecule has 0 radical (unpaired) electrons. The van der Waals surface area contributed by atoms with Crippen molar-refractivity contribution < 1.29 is 14.7 Å². The zero-order valence-corrected chi connectivity index (χ0v) is 12.6. The molecule has 2 N–H and O–H groups in total. The van der Waals surface area contributed by atoms with E-state index in [-0.39, 0.29) is 12.6 Å². The number of amides is 2. The lowest BCUT2D eigenvalue weighted by Crippen LogP contribution is -2.33. The van der Waals surface area contributed by atoms with Gasteiger partial charge in [-0.05, 0) is 12.0 Å². The van der Waals surface area contributed by atoms with E-state index in [1.807, 2.05) is 30.3 Å². The second-order valence-corrected chi connectivity index (χ2v) is 5.61. The van der Waals surface area contributed by atoms with Gasteiger partial charge in [-0.25, -0.2) is 4.79 Å². The van der Waals surface area contributed by atoms with E-state index in [1.54, 1.807) is 17.1 Å². The van der Waals surface area contributed by atoms with E-state index in [4.69, 9.17) is 5.11 Å². The van der Waals surface area contributed by atoms with Crippen molar-refractivity contribution in [2.75, 3.05) is 18.4 Å². The first-order valence-electron chi connectivity index (χ1n) is 7.47. The third-order valence-corrected chi connectivity index (χ3v) is 3.90. The number of hydrogen-bond donors (Lipinski definition) is 2. The molecule has 0 aliphatic carbocycles. The molecule has 7 nitrogen and oxygen atoms in total. The maximum absolute atomic E-state index is 12.1. The molecule has 1 aliphatic heterocycles. The van der Waals surface area contributed by atoms with Crippen molar-refractivity contribution in [3.8, 4) is 0 Å². The number of aliphatic carboxylic acids is 1. The maximum Gasteiger partial charge on any atom is 0.321 e. The first-order valence-corrected chi connectivity index (χ1v) is 7.47. The number of carboxylic acids is 1. The molecular formula is C16H18N4O3. The van der Waals surface area contributed by atoms with E-state index in [1.165, 1.54) is 4.90 Å². The molecule has 0 spiro atoms. The van der Waals surface area contributed by atoms with Crippen LogP contribution >= 0.6 is 0 Å². The van der Waals surface area contributed by atoms with Gasteiger partial charge in [-0.1, -0.05) is 30.3 Å². The molecule has 2 heterocycles. The third kappa shape index (κ3) is 3.68. The SMILES string of the molecule is O=C(O)C1CCN(C(=O)Nc2cnn(Cc3ccccc3)c2)C1. The van der Waals surface area contributed by atoms with Crippen LogP contribution in [0.25, 0.3) is 0 Å². The Morgan fingerprint density at radius 1 is 1.30 bits per heavy atom. The fourth-order valence-corrected chi connectivity index (χ4v) is 2.63. The second-order valence-electron chi connectivity index (χ2n) is 5.61. The average molecular weight is 314 g/mol. The molecule has 1 saturated heterocycles. The van der Waals surface area contributed by atoms with Crippen molar-refractivity contribution in [3.05, 3.63) is 48.3 Å². The largest absolute Gasteiger partial charge is 0.481 e. The van der Waals surface area contributed by atoms with Crippen LogP contribution in [-0.2, 0) is 11.3 Å². The van der Waals surface area contributed by atoms with E-state index < -0.39 is 11.9 Å². The molecular weight excluding hydrogens is 296 g/mol. The molecule has 1 aromatic carbocycles. The lowest BCUT2D eigenvalue weighted by molar-refractivity contribution is -0.141. The van der Waals surface area contributed by atoms with Crippen molar-refractivity contribution >= 4 is 17.7 Å². The van der Waals surface area contributed by atoms with Gasteiger partial charge in [-0.3, -0.25) is 9.48 Å². The highest BCUT2D eigenvalue weighted by atomic mass is 16.4. The van der Waals surface area contributed by atoms with Gasteiger partial charge in [0.1, 0.15) is 0 Å². The van der Waals surface area contributed by atoms with Crippen LogP contribution in [0.4, 0.5) is 10.5 Å². The second kappa shape index (κ2) is 6.51. The first-order chi connectivity index (χ1) is 11.1. The molecule has 7 heteroatoms. The summed E-state index contributed by atoms with van der Waals surface area (Å²) in [5.74, 6) is -1.32. The lowest BCUT2D eigenvalue weighted by Gasteiger charge is -2.15. The Kier molecular flexibility index (Phi) is 4.27. The number of aromatic nitrogens is 2. The van der Waals surface area contributed by atoms with Gasteiger partial charge in [0.25, 0.3) is 0 Å². The number of rotatable bonds is 4. The monoisotopic (exact) mass is 314 g/mol.